The number of carbonyl (C=O) groups is 1. The van der Waals surface area contributed by atoms with Crippen LogP contribution >= 0.6 is 0 Å². The topological polar surface area (TPSA) is 35.6 Å². The second-order valence-electron chi connectivity index (χ2n) is 7.06. The summed E-state index contributed by atoms with van der Waals surface area (Å²) in [5.41, 5.74) is 5.22. The Morgan fingerprint density at radius 1 is 0.962 bits per heavy atom. The molecule has 1 aliphatic heterocycles. The summed E-state index contributed by atoms with van der Waals surface area (Å²) in [4.78, 5) is 16.9. The third-order valence-electron chi connectivity index (χ3n) is 5.28. The van der Waals surface area contributed by atoms with Gasteiger partial charge in [0.1, 0.15) is 0 Å². The second kappa shape index (κ2) is 8.86. The Morgan fingerprint density at radius 2 is 1.69 bits per heavy atom. The predicted octanol–water partition coefficient (Wildman–Crippen LogP) is 3.13. The van der Waals surface area contributed by atoms with E-state index < -0.39 is 0 Å². The molecular weight excluding hydrogens is 322 g/mol. The van der Waals surface area contributed by atoms with Gasteiger partial charge in [0.05, 0.1) is 0 Å². The Kier molecular flexibility index (Phi) is 6.29. The van der Waals surface area contributed by atoms with E-state index in [2.05, 4.69) is 47.2 Å². The molecule has 0 radical (unpaired) electrons. The lowest BCUT2D eigenvalue weighted by Gasteiger charge is -2.37. The number of amides is 1. The summed E-state index contributed by atoms with van der Waals surface area (Å²) < 4.78 is 0. The molecule has 0 aliphatic carbocycles. The fourth-order valence-corrected chi connectivity index (χ4v) is 3.44. The monoisotopic (exact) mass is 351 g/mol. The van der Waals surface area contributed by atoms with E-state index >= 15 is 0 Å². The molecule has 1 fully saturated rings. The maximum atomic E-state index is 12.1. The lowest BCUT2D eigenvalue weighted by atomic mass is 10.1. The Labute approximate surface area is 156 Å². The largest absolute Gasteiger partial charge is 0.369 e. The zero-order chi connectivity index (χ0) is 18.4. The smallest absolute Gasteiger partial charge is 0.221 e. The van der Waals surface area contributed by atoms with Crippen LogP contribution in [-0.4, -0.2) is 43.5 Å². The lowest BCUT2D eigenvalue weighted by molar-refractivity contribution is -0.121. The molecule has 1 aliphatic rings. The number of nitrogens with one attached hydrogen (secondary N) is 1. The Morgan fingerprint density at radius 3 is 2.42 bits per heavy atom. The molecule has 1 N–H and O–H groups in total. The molecule has 1 amide bonds. The number of anilines is 1. The first-order chi connectivity index (χ1) is 12.6. The Balaban J connectivity index is 1.40. The number of aryl methyl sites for hydroxylation is 1. The molecule has 0 bridgehead atoms. The third-order valence-corrected chi connectivity index (χ3v) is 5.28. The summed E-state index contributed by atoms with van der Waals surface area (Å²) in [5, 5.41) is 3.01. The van der Waals surface area contributed by atoms with E-state index in [-0.39, 0.29) is 5.91 Å². The molecule has 3 rings (SSSR count). The van der Waals surface area contributed by atoms with Gasteiger partial charge >= 0.3 is 0 Å². The van der Waals surface area contributed by atoms with Gasteiger partial charge in [-0.1, -0.05) is 42.5 Å². The van der Waals surface area contributed by atoms with Crippen molar-refractivity contribution in [3.05, 3.63) is 65.2 Å². The van der Waals surface area contributed by atoms with Crippen LogP contribution in [0.5, 0.6) is 0 Å². The quantitative estimate of drug-likeness (QED) is 0.868. The molecule has 0 aromatic heterocycles. The van der Waals surface area contributed by atoms with E-state index in [1.807, 2.05) is 30.3 Å². The summed E-state index contributed by atoms with van der Waals surface area (Å²) in [6.07, 6.45) is 0.566. The van der Waals surface area contributed by atoms with Gasteiger partial charge in [-0.25, -0.2) is 0 Å². The highest BCUT2D eigenvalue weighted by molar-refractivity contribution is 5.76. The van der Waals surface area contributed by atoms with Gasteiger partial charge in [-0.15, -0.1) is 0 Å². The molecule has 2 aromatic carbocycles. The molecular formula is C22H29N3O. The molecule has 0 saturated carbocycles. The number of nitrogens with zero attached hydrogens (tertiary/aromatic N) is 2. The van der Waals surface area contributed by atoms with Crippen molar-refractivity contribution in [2.24, 2.45) is 0 Å². The molecule has 138 valence electrons. The number of piperazine rings is 1. The van der Waals surface area contributed by atoms with E-state index in [1.165, 1.54) is 16.8 Å². The van der Waals surface area contributed by atoms with Crippen molar-refractivity contribution in [2.75, 3.05) is 37.6 Å². The lowest BCUT2D eigenvalue weighted by Crippen LogP contribution is -2.47. The third kappa shape index (κ3) is 4.85. The maximum absolute atomic E-state index is 12.1. The predicted molar refractivity (Wildman–Crippen MR) is 107 cm³/mol. The first-order valence-corrected chi connectivity index (χ1v) is 9.47. The highest BCUT2D eigenvalue weighted by Gasteiger charge is 2.19. The van der Waals surface area contributed by atoms with Crippen LogP contribution in [-0.2, 0) is 11.3 Å². The normalized spacial score (nSPS) is 15.1. The summed E-state index contributed by atoms with van der Waals surface area (Å²) in [5.74, 6) is 0.130. The highest BCUT2D eigenvalue weighted by Crippen LogP contribution is 2.23. The van der Waals surface area contributed by atoms with Gasteiger partial charge in [0, 0.05) is 51.4 Å². The van der Waals surface area contributed by atoms with Gasteiger partial charge in [0.2, 0.25) is 5.91 Å². The molecule has 0 unspecified atom stereocenters. The average Bonchev–Trinajstić information content (AvgIpc) is 2.68. The number of hydrogen-bond donors (Lipinski definition) is 1. The fraction of sp³-hybridized carbons (Fsp3) is 0.409. The van der Waals surface area contributed by atoms with Crippen molar-refractivity contribution >= 4 is 11.6 Å². The molecule has 4 nitrogen and oxygen atoms in total. The van der Waals surface area contributed by atoms with E-state index in [1.54, 1.807) is 0 Å². The molecule has 0 spiro atoms. The van der Waals surface area contributed by atoms with Crippen molar-refractivity contribution in [3.8, 4) is 0 Å². The summed E-state index contributed by atoms with van der Waals surface area (Å²) in [6.45, 7) is 9.89. The van der Waals surface area contributed by atoms with E-state index in [9.17, 15) is 4.79 Å². The van der Waals surface area contributed by atoms with Crippen LogP contribution < -0.4 is 10.2 Å². The van der Waals surface area contributed by atoms with Gasteiger partial charge in [-0.05, 0) is 36.6 Å². The van der Waals surface area contributed by atoms with Crippen molar-refractivity contribution in [2.45, 2.75) is 26.8 Å². The van der Waals surface area contributed by atoms with Gasteiger partial charge < -0.3 is 10.2 Å². The Hall–Kier alpha value is -2.33. The second-order valence-corrected chi connectivity index (χ2v) is 7.06. The van der Waals surface area contributed by atoms with Crippen LogP contribution in [0.4, 0.5) is 5.69 Å². The van der Waals surface area contributed by atoms with E-state index in [0.717, 1.165) is 38.3 Å². The Bertz CT molecular complexity index is 721. The average molecular weight is 351 g/mol. The van der Waals surface area contributed by atoms with Crippen molar-refractivity contribution in [1.82, 2.24) is 10.2 Å². The first kappa shape index (κ1) is 18.5. The number of rotatable bonds is 6. The molecule has 1 saturated heterocycles. The fourth-order valence-electron chi connectivity index (χ4n) is 3.44. The van der Waals surface area contributed by atoms with Crippen LogP contribution in [0.25, 0.3) is 0 Å². The van der Waals surface area contributed by atoms with Gasteiger partial charge in [-0.3, -0.25) is 9.69 Å². The summed E-state index contributed by atoms with van der Waals surface area (Å²) >= 11 is 0. The number of hydrogen-bond acceptors (Lipinski definition) is 3. The highest BCUT2D eigenvalue weighted by atomic mass is 16.1. The van der Waals surface area contributed by atoms with E-state index in [4.69, 9.17) is 0 Å². The minimum atomic E-state index is 0.130. The minimum Gasteiger partial charge on any atom is -0.369 e. The van der Waals surface area contributed by atoms with Gasteiger partial charge in [0.25, 0.3) is 0 Å². The van der Waals surface area contributed by atoms with Gasteiger partial charge in [-0.2, -0.15) is 0 Å². The van der Waals surface area contributed by atoms with Crippen molar-refractivity contribution in [3.63, 3.8) is 0 Å². The van der Waals surface area contributed by atoms with Crippen molar-refractivity contribution < 1.29 is 4.79 Å². The maximum Gasteiger partial charge on any atom is 0.221 e. The van der Waals surface area contributed by atoms with Crippen LogP contribution in [0, 0.1) is 13.8 Å². The molecule has 2 aromatic rings. The standard InChI is InChI=1S/C22H29N3O/c1-18-7-6-10-21(19(18)2)25-15-13-24(14-16-25)12-11-22(26)23-17-20-8-4-3-5-9-20/h3-10H,11-17H2,1-2H3,(H,23,26). The van der Waals surface area contributed by atoms with Crippen LogP contribution in [0.2, 0.25) is 0 Å². The zero-order valence-corrected chi connectivity index (χ0v) is 15.9. The van der Waals surface area contributed by atoms with Crippen LogP contribution in [0.3, 0.4) is 0 Å². The summed E-state index contributed by atoms with van der Waals surface area (Å²) in [6, 6.07) is 16.6. The number of carbonyl (C=O) groups excluding carboxylic acids is 1. The number of benzene rings is 2. The van der Waals surface area contributed by atoms with E-state index in [0.29, 0.717) is 13.0 Å². The minimum absolute atomic E-state index is 0.130. The molecule has 4 heteroatoms. The molecule has 26 heavy (non-hydrogen) atoms. The van der Waals surface area contributed by atoms with Crippen molar-refractivity contribution in [1.29, 1.82) is 0 Å². The van der Waals surface area contributed by atoms with Crippen LogP contribution in [0.15, 0.2) is 48.5 Å². The molecule has 0 atom stereocenters. The SMILES string of the molecule is Cc1cccc(N2CCN(CCC(=O)NCc3ccccc3)CC2)c1C. The first-order valence-electron chi connectivity index (χ1n) is 9.47. The summed E-state index contributed by atoms with van der Waals surface area (Å²) in [7, 11) is 0. The van der Waals surface area contributed by atoms with Gasteiger partial charge in [0.15, 0.2) is 0 Å². The van der Waals surface area contributed by atoms with Crippen LogP contribution in [0.1, 0.15) is 23.1 Å². The zero-order valence-electron chi connectivity index (χ0n) is 15.9. The molecule has 1 heterocycles.